The Hall–Kier alpha value is -2.86. The number of aromatic nitrogens is 1. The summed E-state index contributed by atoms with van der Waals surface area (Å²) >= 11 is 1.65. The van der Waals surface area contributed by atoms with Gasteiger partial charge in [0.1, 0.15) is 16.5 Å². The Bertz CT molecular complexity index is 903. The third-order valence-corrected chi connectivity index (χ3v) is 4.89. The highest BCUT2D eigenvalue weighted by Gasteiger charge is 2.25. The second kappa shape index (κ2) is 7.58. The lowest BCUT2D eigenvalue weighted by Gasteiger charge is -2.09. The van der Waals surface area contributed by atoms with E-state index in [0.717, 1.165) is 22.2 Å². The number of para-hydroxylation sites is 1. The van der Waals surface area contributed by atoms with Crippen LogP contribution in [0.3, 0.4) is 0 Å². The molecular weight excluding hydrogens is 344 g/mol. The molecule has 5 nitrogen and oxygen atoms in total. The van der Waals surface area contributed by atoms with Crippen LogP contribution in [-0.2, 0) is 6.54 Å². The molecule has 2 aromatic carbocycles. The van der Waals surface area contributed by atoms with E-state index in [0.29, 0.717) is 18.4 Å². The van der Waals surface area contributed by atoms with Gasteiger partial charge in [-0.05, 0) is 37.1 Å². The Kier molecular flexibility index (Phi) is 4.84. The summed E-state index contributed by atoms with van der Waals surface area (Å²) in [6.45, 7) is 0.496. The highest BCUT2D eigenvalue weighted by Crippen LogP contribution is 2.40. The average molecular weight is 364 g/mol. The first kappa shape index (κ1) is 16.6. The van der Waals surface area contributed by atoms with Crippen LogP contribution in [-0.4, -0.2) is 10.9 Å². The first-order valence-electron chi connectivity index (χ1n) is 8.60. The molecule has 0 aliphatic heterocycles. The molecule has 1 heterocycles. The van der Waals surface area contributed by atoms with Crippen LogP contribution < -0.4 is 15.8 Å². The largest absolute Gasteiger partial charge is 0.457 e. The summed E-state index contributed by atoms with van der Waals surface area (Å²) in [4.78, 5) is 9.01. The van der Waals surface area contributed by atoms with Gasteiger partial charge in [0.05, 0.1) is 12.2 Å². The minimum atomic E-state index is 0.366. The van der Waals surface area contributed by atoms with Crippen molar-refractivity contribution in [3.8, 4) is 11.5 Å². The molecule has 1 saturated carbocycles. The van der Waals surface area contributed by atoms with Crippen LogP contribution in [0, 0.1) is 0 Å². The van der Waals surface area contributed by atoms with Crippen molar-refractivity contribution in [1.82, 2.24) is 4.98 Å². The maximum Gasteiger partial charge on any atom is 0.193 e. The molecule has 132 valence electrons. The van der Waals surface area contributed by atoms with Crippen LogP contribution in [0.2, 0.25) is 0 Å². The number of aliphatic imine (C=N–C) groups is 1. The van der Waals surface area contributed by atoms with E-state index in [4.69, 9.17) is 10.5 Å². The van der Waals surface area contributed by atoms with E-state index in [1.165, 1.54) is 18.5 Å². The van der Waals surface area contributed by atoms with Gasteiger partial charge in [0.2, 0.25) is 0 Å². The number of nitrogens with one attached hydrogen (secondary N) is 1. The number of rotatable bonds is 6. The van der Waals surface area contributed by atoms with E-state index in [1.54, 1.807) is 11.3 Å². The molecule has 1 aliphatic rings. The van der Waals surface area contributed by atoms with Crippen molar-refractivity contribution in [2.24, 2.45) is 10.7 Å². The Morgan fingerprint density at radius 2 is 1.96 bits per heavy atom. The molecule has 0 amide bonds. The molecule has 3 N–H and O–H groups in total. The van der Waals surface area contributed by atoms with Gasteiger partial charge < -0.3 is 15.8 Å². The van der Waals surface area contributed by atoms with E-state index in [1.807, 2.05) is 54.6 Å². The van der Waals surface area contributed by atoms with Gasteiger partial charge in [-0.25, -0.2) is 9.98 Å². The van der Waals surface area contributed by atoms with Crippen molar-refractivity contribution in [3.63, 3.8) is 0 Å². The molecule has 0 atom stereocenters. The highest BCUT2D eigenvalue weighted by atomic mass is 32.1. The Labute approximate surface area is 156 Å². The minimum absolute atomic E-state index is 0.366. The summed E-state index contributed by atoms with van der Waals surface area (Å²) in [5.41, 5.74) is 8.05. The van der Waals surface area contributed by atoms with Gasteiger partial charge in [-0.15, -0.1) is 11.3 Å². The first-order chi connectivity index (χ1) is 12.8. The highest BCUT2D eigenvalue weighted by molar-refractivity contribution is 7.09. The predicted octanol–water partition coefficient (Wildman–Crippen LogP) is 4.74. The third kappa shape index (κ3) is 4.40. The number of thiazole rings is 1. The van der Waals surface area contributed by atoms with Gasteiger partial charge in [-0.2, -0.15) is 0 Å². The van der Waals surface area contributed by atoms with Crippen LogP contribution in [0.1, 0.15) is 29.5 Å². The quantitative estimate of drug-likeness (QED) is 0.489. The maximum absolute atomic E-state index is 6.01. The van der Waals surface area contributed by atoms with E-state index < -0.39 is 0 Å². The lowest BCUT2D eigenvalue weighted by Crippen LogP contribution is -2.22. The van der Waals surface area contributed by atoms with E-state index in [-0.39, 0.29) is 0 Å². The Morgan fingerprint density at radius 3 is 2.77 bits per heavy atom. The first-order valence-corrected chi connectivity index (χ1v) is 9.48. The maximum atomic E-state index is 6.01. The van der Waals surface area contributed by atoms with Crippen molar-refractivity contribution in [3.05, 3.63) is 70.7 Å². The number of anilines is 1. The SMILES string of the molecule is NC(=NCc1nc(C2CC2)cs1)Nc1cccc(Oc2ccccc2)c1. The fourth-order valence-electron chi connectivity index (χ4n) is 2.57. The second-order valence-corrected chi connectivity index (χ2v) is 7.15. The van der Waals surface area contributed by atoms with E-state index in [9.17, 15) is 0 Å². The van der Waals surface area contributed by atoms with Gasteiger partial charge in [0, 0.05) is 23.1 Å². The molecule has 0 unspecified atom stereocenters. The Balaban J connectivity index is 1.37. The smallest absolute Gasteiger partial charge is 0.193 e. The summed E-state index contributed by atoms with van der Waals surface area (Å²) in [6.07, 6.45) is 2.52. The molecule has 1 aliphatic carbocycles. The fraction of sp³-hybridized carbons (Fsp3) is 0.200. The summed E-state index contributed by atoms with van der Waals surface area (Å²) in [6, 6.07) is 17.3. The van der Waals surface area contributed by atoms with Gasteiger partial charge in [0.25, 0.3) is 0 Å². The monoisotopic (exact) mass is 364 g/mol. The lowest BCUT2D eigenvalue weighted by molar-refractivity contribution is 0.483. The summed E-state index contributed by atoms with van der Waals surface area (Å²) in [5, 5.41) is 6.24. The van der Waals surface area contributed by atoms with Gasteiger partial charge >= 0.3 is 0 Å². The van der Waals surface area contributed by atoms with E-state index >= 15 is 0 Å². The lowest BCUT2D eigenvalue weighted by atomic mass is 10.3. The minimum Gasteiger partial charge on any atom is -0.457 e. The topological polar surface area (TPSA) is 72.5 Å². The predicted molar refractivity (Wildman–Crippen MR) is 106 cm³/mol. The van der Waals surface area contributed by atoms with Crippen molar-refractivity contribution in [2.75, 3.05) is 5.32 Å². The number of nitrogens with zero attached hydrogens (tertiary/aromatic N) is 2. The molecular formula is C20H20N4OS. The molecule has 0 radical (unpaired) electrons. The molecule has 1 fully saturated rings. The summed E-state index contributed by atoms with van der Waals surface area (Å²) in [7, 11) is 0. The number of hydrogen-bond donors (Lipinski definition) is 2. The molecule has 1 aromatic heterocycles. The third-order valence-electron chi connectivity index (χ3n) is 4.04. The Morgan fingerprint density at radius 1 is 1.15 bits per heavy atom. The van der Waals surface area contributed by atoms with E-state index in [2.05, 4.69) is 20.7 Å². The zero-order valence-electron chi connectivity index (χ0n) is 14.3. The zero-order chi connectivity index (χ0) is 17.8. The normalized spacial score (nSPS) is 14.2. The molecule has 26 heavy (non-hydrogen) atoms. The van der Waals surface area contributed by atoms with Crippen LogP contribution in [0.15, 0.2) is 65.0 Å². The molecule has 4 rings (SSSR count). The van der Waals surface area contributed by atoms with Gasteiger partial charge in [-0.1, -0.05) is 24.3 Å². The number of nitrogens with two attached hydrogens (primary N) is 1. The molecule has 0 saturated heterocycles. The van der Waals surface area contributed by atoms with Crippen LogP contribution in [0.5, 0.6) is 11.5 Å². The van der Waals surface area contributed by atoms with Crippen molar-refractivity contribution < 1.29 is 4.74 Å². The number of ether oxygens (including phenoxy) is 1. The van der Waals surface area contributed by atoms with Crippen molar-refractivity contribution >= 4 is 23.0 Å². The molecule has 0 spiro atoms. The summed E-state index contributed by atoms with van der Waals surface area (Å²) in [5.74, 6) is 2.57. The number of benzene rings is 2. The molecule has 6 heteroatoms. The van der Waals surface area contributed by atoms with Crippen LogP contribution in [0.25, 0.3) is 0 Å². The average Bonchev–Trinajstić information content (AvgIpc) is 3.39. The van der Waals surface area contributed by atoms with Crippen molar-refractivity contribution in [1.29, 1.82) is 0 Å². The van der Waals surface area contributed by atoms with Crippen LogP contribution in [0.4, 0.5) is 5.69 Å². The standard InChI is InChI=1S/C20H20N4OS/c21-20(22-12-19-24-18(13-26-19)14-9-10-14)23-15-5-4-8-17(11-15)25-16-6-2-1-3-7-16/h1-8,11,13-14H,9-10,12H2,(H3,21,22,23). The molecule has 0 bridgehead atoms. The second-order valence-electron chi connectivity index (χ2n) is 6.21. The fourth-order valence-corrected chi connectivity index (χ4v) is 3.37. The summed E-state index contributed by atoms with van der Waals surface area (Å²) < 4.78 is 5.83. The zero-order valence-corrected chi connectivity index (χ0v) is 15.1. The van der Waals surface area contributed by atoms with Gasteiger partial charge in [-0.3, -0.25) is 0 Å². The van der Waals surface area contributed by atoms with Crippen LogP contribution >= 0.6 is 11.3 Å². The number of guanidine groups is 1. The number of hydrogen-bond acceptors (Lipinski definition) is 4. The van der Waals surface area contributed by atoms with Crippen molar-refractivity contribution in [2.45, 2.75) is 25.3 Å². The van der Waals surface area contributed by atoms with Gasteiger partial charge in [0.15, 0.2) is 5.96 Å². The molecule has 3 aromatic rings.